The van der Waals surface area contributed by atoms with E-state index in [0.29, 0.717) is 12.8 Å². The van der Waals surface area contributed by atoms with Crippen LogP contribution in [0.3, 0.4) is 0 Å². The molecular weight excluding hydrogens is 576 g/mol. The van der Waals surface area contributed by atoms with Crippen LogP contribution in [0.5, 0.6) is 11.5 Å². The molecule has 0 saturated heterocycles. The second kappa shape index (κ2) is 12.9. The highest BCUT2D eigenvalue weighted by molar-refractivity contribution is 5.99. The second-order valence-electron chi connectivity index (χ2n) is 14.2. The van der Waals surface area contributed by atoms with E-state index in [1.807, 2.05) is 24.3 Å². The topological polar surface area (TPSA) is 124 Å². The molecule has 0 bridgehead atoms. The van der Waals surface area contributed by atoms with E-state index in [-0.39, 0.29) is 45.5 Å². The average molecular weight is 621 g/mol. The molecule has 0 spiro atoms. The Balaban J connectivity index is 1.37. The van der Waals surface area contributed by atoms with Crippen LogP contribution < -0.4 is 10.6 Å². The highest BCUT2D eigenvalue weighted by Crippen LogP contribution is 2.35. The molecule has 46 heavy (non-hydrogen) atoms. The zero-order valence-corrected chi connectivity index (χ0v) is 27.5. The first-order valence-corrected chi connectivity index (χ1v) is 15.9. The van der Waals surface area contributed by atoms with Crippen LogP contribution in [-0.2, 0) is 10.8 Å². The summed E-state index contributed by atoms with van der Waals surface area (Å²) >= 11 is 0. The van der Waals surface area contributed by atoms with Gasteiger partial charge in [-0.05, 0) is 83.3 Å². The fourth-order valence-electron chi connectivity index (χ4n) is 6.18. The highest BCUT2D eigenvalue weighted by atomic mass is 16.3. The quantitative estimate of drug-likeness (QED) is 0.180. The third kappa shape index (κ3) is 7.06. The lowest BCUT2D eigenvalue weighted by Gasteiger charge is -2.33. The molecule has 2 aromatic heterocycles. The average Bonchev–Trinajstić information content (AvgIpc) is 3.01. The van der Waals surface area contributed by atoms with Crippen molar-refractivity contribution in [3.05, 3.63) is 95.3 Å². The van der Waals surface area contributed by atoms with Crippen molar-refractivity contribution in [2.75, 3.05) is 0 Å². The molecule has 240 valence electrons. The zero-order valence-electron chi connectivity index (χ0n) is 27.5. The van der Waals surface area contributed by atoms with Crippen molar-refractivity contribution in [3.8, 4) is 34.0 Å². The molecule has 2 heterocycles. The lowest BCUT2D eigenvalue weighted by molar-refractivity contribution is 0.0859. The van der Waals surface area contributed by atoms with Crippen molar-refractivity contribution in [2.45, 2.75) is 90.1 Å². The van der Waals surface area contributed by atoms with Gasteiger partial charge in [-0.3, -0.25) is 19.6 Å². The van der Waals surface area contributed by atoms with Gasteiger partial charge in [0.05, 0.1) is 22.5 Å². The minimum absolute atomic E-state index is 0.128. The Morgan fingerprint density at radius 3 is 1.41 bits per heavy atom. The van der Waals surface area contributed by atoms with Gasteiger partial charge in [0.15, 0.2) is 0 Å². The van der Waals surface area contributed by atoms with E-state index in [2.05, 4.69) is 62.1 Å². The molecule has 0 radical (unpaired) electrons. The van der Waals surface area contributed by atoms with Crippen molar-refractivity contribution < 1.29 is 19.8 Å². The number of aromatic hydroxyl groups is 2. The third-order valence-electron chi connectivity index (χ3n) is 8.66. The number of hydrogen-bond acceptors (Lipinski definition) is 6. The molecule has 5 rings (SSSR count). The Morgan fingerprint density at radius 1 is 0.652 bits per heavy atom. The fourth-order valence-corrected chi connectivity index (χ4v) is 6.18. The van der Waals surface area contributed by atoms with E-state index in [4.69, 9.17) is 0 Å². The maximum Gasteiger partial charge on any atom is 0.255 e. The normalized spacial score (nSPS) is 16.9. The van der Waals surface area contributed by atoms with Gasteiger partial charge in [-0.2, -0.15) is 0 Å². The number of nitrogens with one attached hydrogen (secondary N) is 2. The van der Waals surface area contributed by atoms with Gasteiger partial charge in [0.1, 0.15) is 11.5 Å². The standard InChI is InChI=1S/C38H44N4O4/c1-37(2,3)27-11-9-19-39-33(27)23-15-17-31(43)25(21-23)35(45)41-29-13-7-8-14-30(29)42-36(46)26-22-24(16-18-32(26)44)34-28(38(4,5)6)12-10-20-40-34/h9-12,15-22,29-30,43-44H,7-8,13-14H2,1-6H3,(H,41,45)(H,42,46)/t29-,30-/m1/s1. The number of amides is 2. The number of carbonyl (C=O) groups excluding carboxylic acids is 2. The van der Waals surface area contributed by atoms with Gasteiger partial charge >= 0.3 is 0 Å². The van der Waals surface area contributed by atoms with Crippen molar-refractivity contribution in [2.24, 2.45) is 0 Å². The smallest absolute Gasteiger partial charge is 0.255 e. The monoisotopic (exact) mass is 620 g/mol. The molecule has 0 unspecified atom stereocenters. The fraction of sp³-hybridized carbons (Fsp3) is 0.368. The van der Waals surface area contributed by atoms with Gasteiger partial charge in [-0.15, -0.1) is 0 Å². The lowest BCUT2D eigenvalue weighted by atomic mass is 9.84. The number of nitrogens with zero attached hydrogens (tertiary/aromatic N) is 2. The van der Waals surface area contributed by atoms with Crippen LogP contribution in [0.1, 0.15) is 99.1 Å². The van der Waals surface area contributed by atoms with Crippen LogP contribution in [0.15, 0.2) is 73.1 Å². The van der Waals surface area contributed by atoms with Crippen LogP contribution >= 0.6 is 0 Å². The van der Waals surface area contributed by atoms with Gasteiger partial charge in [0, 0.05) is 35.6 Å². The first-order chi connectivity index (χ1) is 21.7. The molecule has 2 amide bonds. The number of pyridine rings is 2. The predicted molar refractivity (Wildman–Crippen MR) is 181 cm³/mol. The molecule has 1 aliphatic rings. The number of phenols is 2. The minimum Gasteiger partial charge on any atom is -0.507 e. The van der Waals surface area contributed by atoms with Gasteiger partial charge in [-0.1, -0.05) is 66.5 Å². The van der Waals surface area contributed by atoms with Crippen LogP contribution in [0.4, 0.5) is 0 Å². The Kier molecular flexibility index (Phi) is 9.20. The Bertz CT molecular complexity index is 1620. The number of aromatic nitrogens is 2. The molecule has 1 saturated carbocycles. The molecule has 0 aliphatic heterocycles. The lowest BCUT2D eigenvalue weighted by Crippen LogP contribution is -2.53. The van der Waals surface area contributed by atoms with Crippen LogP contribution in [0, 0.1) is 0 Å². The number of phenolic OH excluding ortho intramolecular Hbond substituents is 2. The predicted octanol–water partition coefficient (Wildman–Crippen LogP) is 7.29. The summed E-state index contributed by atoms with van der Waals surface area (Å²) in [5, 5.41) is 27.6. The van der Waals surface area contributed by atoms with Crippen LogP contribution in [0.25, 0.3) is 22.5 Å². The van der Waals surface area contributed by atoms with Gasteiger partial charge in [0.25, 0.3) is 11.8 Å². The SMILES string of the molecule is CC(C)(C)c1cccnc1-c1ccc(O)c(C(=O)N[C@@H]2CCCC[C@H]2NC(=O)c2cc(-c3ncccc3C(C)(C)C)ccc2O)c1. The number of hydrogen-bond donors (Lipinski definition) is 4. The molecule has 8 nitrogen and oxygen atoms in total. The summed E-state index contributed by atoms with van der Waals surface area (Å²) < 4.78 is 0. The molecule has 1 fully saturated rings. The Labute approximate surface area is 271 Å². The molecule has 4 aromatic rings. The Hall–Kier alpha value is -4.72. The first-order valence-electron chi connectivity index (χ1n) is 15.9. The first kappa shape index (κ1) is 32.7. The van der Waals surface area contributed by atoms with E-state index < -0.39 is 11.8 Å². The summed E-state index contributed by atoms with van der Waals surface area (Å²) in [5.74, 6) is -1.10. The number of carbonyl (C=O) groups is 2. The highest BCUT2D eigenvalue weighted by Gasteiger charge is 2.30. The zero-order chi connectivity index (χ0) is 33.2. The third-order valence-corrected chi connectivity index (χ3v) is 8.66. The number of benzene rings is 2. The van der Waals surface area contributed by atoms with Gasteiger partial charge in [-0.25, -0.2) is 0 Å². The summed E-state index contributed by atoms with van der Waals surface area (Å²) in [6.07, 6.45) is 6.56. The molecular formula is C38H44N4O4. The summed E-state index contributed by atoms with van der Waals surface area (Å²) in [4.78, 5) is 36.4. The van der Waals surface area contributed by atoms with Gasteiger partial charge in [0.2, 0.25) is 0 Å². The molecule has 2 aromatic carbocycles. The molecule has 8 heteroatoms. The van der Waals surface area contributed by atoms with Crippen molar-refractivity contribution >= 4 is 11.8 Å². The van der Waals surface area contributed by atoms with E-state index >= 15 is 0 Å². The number of rotatable bonds is 6. The minimum atomic E-state index is -0.423. The van der Waals surface area contributed by atoms with E-state index in [1.165, 1.54) is 12.1 Å². The van der Waals surface area contributed by atoms with E-state index in [9.17, 15) is 19.8 Å². The summed E-state index contributed by atoms with van der Waals surface area (Å²) in [5.41, 5.74) is 5.01. The van der Waals surface area contributed by atoms with Crippen molar-refractivity contribution in [1.82, 2.24) is 20.6 Å². The molecule has 2 atom stereocenters. The maximum atomic E-state index is 13.6. The molecule has 1 aliphatic carbocycles. The maximum absolute atomic E-state index is 13.6. The van der Waals surface area contributed by atoms with Crippen LogP contribution in [-0.4, -0.2) is 44.1 Å². The van der Waals surface area contributed by atoms with Crippen LogP contribution in [0.2, 0.25) is 0 Å². The van der Waals surface area contributed by atoms with E-state index in [0.717, 1.165) is 46.5 Å². The second-order valence-corrected chi connectivity index (χ2v) is 14.2. The molecule has 4 N–H and O–H groups in total. The van der Waals surface area contributed by atoms with E-state index in [1.54, 1.807) is 36.7 Å². The summed E-state index contributed by atoms with van der Waals surface area (Å²) in [6.45, 7) is 12.6. The van der Waals surface area contributed by atoms with Crippen molar-refractivity contribution in [3.63, 3.8) is 0 Å². The largest absolute Gasteiger partial charge is 0.507 e. The summed E-state index contributed by atoms with van der Waals surface area (Å²) in [6, 6.07) is 17.0. The van der Waals surface area contributed by atoms with Gasteiger partial charge < -0.3 is 20.8 Å². The van der Waals surface area contributed by atoms with Crippen molar-refractivity contribution in [1.29, 1.82) is 0 Å². The Morgan fingerprint density at radius 2 is 1.04 bits per heavy atom. The summed E-state index contributed by atoms with van der Waals surface area (Å²) in [7, 11) is 0.